The van der Waals surface area contributed by atoms with Crippen LogP contribution in [0, 0.1) is 0 Å². The van der Waals surface area contributed by atoms with Crippen LogP contribution in [-0.2, 0) is 24.1 Å². The summed E-state index contributed by atoms with van der Waals surface area (Å²) in [5.74, 6) is -0.137. The highest BCUT2D eigenvalue weighted by atomic mass is 79.9. The highest BCUT2D eigenvalue weighted by molar-refractivity contribution is 9.10. The third-order valence-corrected chi connectivity index (χ3v) is 3.79. The molecule has 1 aliphatic carbocycles. The zero-order valence-electron chi connectivity index (χ0n) is 9.75. The molecule has 0 radical (unpaired) electrons. The van der Waals surface area contributed by atoms with Gasteiger partial charge in [0.1, 0.15) is 5.75 Å². The Kier molecular flexibility index (Phi) is 3.72. The summed E-state index contributed by atoms with van der Waals surface area (Å²) in [5.41, 5.74) is 3.28. The lowest BCUT2D eigenvalue weighted by Crippen LogP contribution is -2.12. The first-order valence-corrected chi connectivity index (χ1v) is 6.51. The summed E-state index contributed by atoms with van der Waals surface area (Å²) in [6, 6.07) is 2.07. The predicted octanol–water partition coefficient (Wildman–Crippen LogP) is 2.96. The molecule has 2 rings (SSSR count). The average molecular weight is 299 g/mol. The van der Waals surface area contributed by atoms with E-state index in [2.05, 4.69) is 22.0 Å². The topological polar surface area (TPSA) is 46.5 Å². The third-order valence-electron chi connectivity index (χ3n) is 3.20. The minimum atomic E-state index is -0.811. The Morgan fingerprint density at radius 2 is 2.18 bits per heavy atom. The van der Waals surface area contributed by atoms with E-state index in [1.54, 1.807) is 7.11 Å². The van der Waals surface area contributed by atoms with Gasteiger partial charge in [-0.25, -0.2) is 0 Å². The highest BCUT2D eigenvalue weighted by Crippen LogP contribution is 2.37. The average Bonchev–Trinajstić information content (AvgIpc) is 2.28. The number of benzene rings is 1. The minimum Gasteiger partial charge on any atom is -0.495 e. The molecule has 0 saturated carbocycles. The Labute approximate surface area is 109 Å². The molecule has 92 valence electrons. The van der Waals surface area contributed by atoms with Crippen LogP contribution in [0.2, 0.25) is 0 Å². The Balaban J connectivity index is 2.56. The van der Waals surface area contributed by atoms with Gasteiger partial charge in [-0.1, -0.05) is 0 Å². The monoisotopic (exact) mass is 298 g/mol. The van der Waals surface area contributed by atoms with Crippen molar-refractivity contribution in [2.75, 3.05) is 7.11 Å². The second-order valence-electron chi connectivity index (χ2n) is 4.29. The van der Waals surface area contributed by atoms with Gasteiger partial charge in [0.05, 0.1) is 18.0 Å². The largest absolute Gasteiger partial charge is 0.495 e. The standard InChI is InChI=1S/C13H15BrO3/c1-17-13-10(7-12(15)16)9-5-3-2-4-8(9)6-11(13)14/h6H,2-5,7H2,1H3,(H,15,16). The van der Waals surface area contributed by atoms with Crippen molar-refractivity contribution in [3.63, 3.8) is 0 Å². The molecule has 1 N–H and O–H groups in total. The van der Waals surface area contributed by atoms with E-state index >= 15 is 0 Å². The first-order chi connectivity index (χ1) is 8.13. The van der Waals surface area contributed by atoms with Crippen molar-refractivity contribution in [2.24, 2.45) is 0 Å². The van der Waals surface area contributed by atoms with Gasteiger partial charge in [-0.05, 0) is 58.8 Å². The number of hydrogen-bond acceptors (Lipinski definition) is 2. The number of hydrogen-bond donors (Lipinski definition) is 1. The number of carboxylic acids is 1. The molecule has 0 heterocycles. The van der Waals surface area contributed by atoms with E-state index in [4.69, 9.17) is 9.84 Å². The Hall–Kier alpha value is -1.03. The fraction of sp³-hybridized carbons (Fsp3) is 0.462. The summed E-state index contributed by atoms with van der Waals surface area (Å²) in [6.07, 6.45) is 4.33. The summed E-state index contributed by atoms with van der Waals surface area (Å²) in [6.45, 7) is 0. The van der Waals surface area contributed by atoms with E-state index in [-0.39, 0.29) is 6.42 Å². The molecule has 1 aromatic carbocycles. The molecule has 0 bridgehead atoms. The van der Waals surface area contributed by atoms with Crippen molar-refractivity contribution >= 4 is 21.9 Å². The summed E-state index contributed by atoms with van der Waals surface area (Å²) in [5, 5.41) is 9.01. The predicted molar refractivity (Wildman–Crippen MR) is 68.7 cm³/mol. The number of carbonyl (C=O) groups is 1. The first-order valence-electron chi connectivity index (χ1n) is 5.72. The molecule has 3 nitrogen and oxygen atoms in total. The second-order valence-corrected chi connectivity index (χ2v) is 5.14. The van der Waals surface area contributed by atoms with Crippen LogP contribution in [-0.4, -0.2) is 18.2 Å². The van der Waals surface area contributed by atoms with Gasteiger partial charge in [0, 0.05) is 5.56 Å². The highest BCUT2D eigenvalue weighted by Gasteiger charge is 2.21. The second kappa shape index (κ2) is 5.08. The number of rotatable bonds is 3. The molecular weight excluding hydrogens is 284 g/mol. The van der Waals surface area contributed by atoms with Crippen LogP contribution in [0.5, 0.6) is 5.75 Å². The summed E-state index contributed by atoms with van der Waals surface area (Å²) >= 11 is 3.46. The molecule has 4 heteroatoms. The van der Waals surface area contributed by atoms with E-state index in [0.29, 0.717) is 5.75 Å². The van der Waals surface area contributed by atoms with Crippen LogP contribution in [0.1, 0.15) is 29.5 Å². The maximum absolute atomic E-state index is 11.0. The van der Waals surface area contributed by atoms with Gasteiger partial charge >= 0.3 is 5.97 Å². The van der Waals surface area contributed by atoms with Crippen molar-refractivity contribution < 1.29 is 14.6 Å². The van der Waals surface area contributed by atoms with E-state index < -0.39 is 5.97 Å². The number of methoxy groups -OCH3 is 1. The molecule has 1 aliphatic rings. The molecule has 0 spiro atoms. The maximum Gasteiger partial charge on any atom is 0.307 e. The first kappa shape index (κ1) is 12.4. The lowest BCUT2D eigenvalue weighted by molar-refractivity contribution is -0.136. The SMILES string of the molecule is COc1c(Br)cc2c(c1CC(=O)O)CCCC2. The molecule has 0 unspecified atom stereocenters. The third kappa shape index (κ3) is 2.46. The van der Waals surface area contributed by atoms with E-state index in [9.17, 15) is 4.79 Å². The van der Waals surface area contributed by atoms with Crippen LogP contribution in [0.15, 0.2) is 10.5 Å². The molecule has 0 aliphatic heterocycles. The minimum absolute atomic E-state index is 0.0327. The fourth-order valence-corrected chi connectivity index (χ4v) is 3.17. The maximum atomic E-state index is 11.0. The van der Waals surface area contributed by atoms with Gasteiger partial charge in [-0.3, -0.25) is 4.79 Å². The molecular formula is C13H15BrO3. The smallest absolute Gasteiger partial charge is 0.307 e. The summed E-state index contributed by atoms with van der Waals surface area (Å²) < 4.78 is 6.19. The molecule has 0 fully saturated rings. The normalized spacial score (nSPS) is 14.2. The van der Waals surface area contributed by atoms with Gasteiger partial charge in [-0.2, -0.15) is 0 Å². The van der Waals surface area contributed by atoms with Crippen molar-refractivity contribution in [1.29, 1.82) is 0 Å². The Morgan fingerprint density at radius 3 is 2.82 bits per heavy atom. The van der Waals surface area contributed by atoms with Crippen LogP contribution in [0.4, 0.5) is 0 Å². The van der Waals surface area contributed by atoms with E-state index in [1.807, 2.05) is 0 Å². The summed E-state index contributed by atoms with van der Waals surface area (Å²) in [4.78, 5) is 11.0. The molecule has 0 saturated heterocycles. The van der Waals surface area contributed by atoms with Gasteiger partial charge in [0.25, 0.3) is 0 Å². The van der Waals surface area contributed by atoms with Crippen molar-refractivity contribution in [1.82, 2.24) is 0 Å². The number of aryl methyl sites for hydroxylation is 1. The van der Waals surface area contributed by atoms with Gasteiger partial charge in [-0.15, -0.1) is 0 Å². The zero-order valence-corrected chi connectivity index (χ0v) is 11.3. The van der Waals surface area contributed by atoms with Crippen LogP contribution < -0.4 is 4.74 Å². The van der Waals surface area contributed by atoms with Crippen LogP contribution in [0.3, 0.4) is 0 Å². The van der Waals surface area contributed by atoms with Crippen LogP contribution >= 0.6 is 15.9 Å². The van der Waals surface area contributed by atoms with Gasteiger partial charge in [0.2, 0.25) is 0 Å². The molecule has 0 atom stereocenters. The van der Waals surface area contributed by atoms with Crippen LogP contribution in [0.25, 0.3) is 0 Å². The van der Waals surface area contributed by atoms with Gasteiger partial charge in [0.15, 0.2) is 0 Å². The summed E-state index contributed by atoms with van der Waals surface area (Å²) in [7, 11) is 1.58. The molecule has 1 aromatic rings. The lowest BCUT2D eigenvalue weighted by atomic mass is 9.87. The zero-order chi connectivity index (χ0) is 12.4. The number of ether oxygens (including phenoxy) is 1. The Bertz CT molecular complexity index is 454. The number of fused-ring (bicyclic) bond motifs is 1. The molecule has 17 heavy (non-hydrogen) atoms. The quantitative estimate of drug-likeness (QED) is 0.933. The van der Waals surface area contributed by atoms with E-state index in [0.717, 1.165) is 29.3 Å². The number of carboxylic acid groups (broad SMARTS) is 1. The van der Waals surface area contributed by atoms with E-state index in [1.165, 1.54) is 17.5 Å². The number of aliphatic carboxylic acids is 1. The lowest BCUT2D eigenvalue weighted by Gasteiger charge is -2.22. The van der Waals surface area contributed by atoms with Crippen molar-refractivity contribution in [2.45, 2.75) is 32.1 Å². The van der Waals surface area contributed by atoms with Gasteiger partial charge < -0.3 is 9.84 Å². The molecule has 0 aromatic heterocycles. The number of halogens is 1. The Morgan fingerprint density at radius 1 is 1.47 bits per heavy atom. The van der Waals surface area contributed by atoms with Crippen molar-refractivity contribution in [3.05, 3.63) is 27.2 Å². The van der Waals surface area contributed by atoms with Crippen molar-refractivity contribution in [3.8, 4) is 5.75 Å². The fourth-order valence-electron chi connectivity index (χ4n) is 2.49. The molecule has 0 amide bonds.